The molecule has 106 valence electrons. The van der Waals surface area contributed by atoms with E-state index in [-0.39, 0.29) is 12.5 Å². The Morgan fingerprint density at radius 3 is 2.76 bits per heavy atom. The van der Waals surface area contributed by atoms with Crippen LogP contribution in [0.1, 0.15) is 21.5 Å². The summed E-state index contributed by atoms with van der Waals surface area (Å²) in [5.41, 5.74) is 8.06. The largest absolute Gasteiger partial charge is 0.321 e. The van der Waals surface area contributed by atoms with Gasteiger partial charge in [-0.1, -0.05) is 41.6 Å². The van der Waals surface area contributed by atoms with Gasteiger partial charge in [-0.25, -0.2) is 0 Å². The van der Waals surface area contributed by atoms with Crippen LogP contribution in [0.4, 0.5) is 5.69 Å². The molecule has 0 saturated heterocycles. The van der Waals surface area contributed by atoms with Gasteiger partial charge in [0, 0.05) is 16.1 Å². The number of carbonyl (C=O) groups is 1. The fourth-order valence-electron chi connectivity index (χ4n) is 1.89. The lowest BCUT2D eigenvalue weighted by Crippen LogP contribution is -2.14. The second-order valence-corrected chi connectivity index (χ2v) is 4.83. The van der Waals surface area contributed by atoms with E-state index in [0.29, 0.717) is 16.3 Å². The summed E-state index contributed by atoms with van der Waals surface area (Å²) < 4.78 is 0. The molecule has 2 aromatic carbocycles. The first-order valence-electron chi connectivity index (χ1n) is 6.48. The lowest BCUT2D eigenvalue weighted by molar-refractivity contribution is 0.102. The standard InChI is InChI=1S/C17H15ClN2O/c1-12-14(8-4-9-15(12)18)17(21)20-16-10-3-2-6-13(16)7-5-11-19/h2-4,6,8-10H,11,19H2,1H3,(H,20,21). The number of para-hydroxylation sites is 1. The Hall–Kier alpha value is -2.28. The van der Waals surface area contributed by atoms with Crippen LogP contribution in [0.3, 0.4) is 0 Å². The smallest absolute Gasteiger partial charge is 0.256 e. The molecule has 0 spiro atoms. The van der Waals surface area contributed by atoms with Crippen LogP contribution in [0, 0.1) is 18.8 Å². The third-order valence-electron chi connectivity index (χ3n) is 3.01. The van der Waals surface area contributed by atoms with Gasteiger partial charge in [-0.3, -0.25) is 4.79 Å². The number of nitrogens with one attached hydrogen (secondary N) is 1. The maximum atomic E-state index is 12.4. The average molecular weight is 299 g/mol. The van der Waals surface area contributed by atoms with E-state index in [4.69, 9.17) is 17.3 Å². The second-order valence-electron chi connectivity index (χ2n) is 4.42. The van der Waals surface area contributed by atoms with E-state index in [1.807, 2.05) is 25.1 Å². The molecular formula is C17H15ClN2O. The topological polar surface area (TPSA) is 55.1 Å². The molecule has 21 heavy (non-hydrogen) atoms. The molecule has 0 aliphatic rings. The van der Waals surface area contributed by atoms with Gasteiger partial charge in [0.25, 0.3) is 5.91 Å². The maximum Gasteiger partial charge on any atom is 0.256 e. The normalized spacial score (nSPS) is 9.67. The third kappa shape index (κ3) is 3.63. The Balaban J connectivity index is 2.30. The Morgan fingerprint density at radius 2 is 2.00 bits per heavy atom. The number of hydrogen-bond donors (Lipinski definition) is 2. The highest BCUT2D eigenvalue weighted by Gasteiger charge is 2.12. The number of rotatable bonds is 2. The summed E-state index contributed by atoms with van der Waals surface area (Å²) in [5.74, 6) is 5.51. The Labute approximate surface area is 129 Å². The average Bonchev–Trinajstić information content (AvgIpc) is 2.49. The summed E-state index contributed by atoms with van der Waals surface area (Å²) in [7, 11) is 0. The van der Waals surface area contributed by atoms with Crippen LogP contribution in [0.25, 0.3) is 0 Å². The van der Waals surface area contributed by atoms with E-state index < -0.39 is 0 Å². The molecule has 0 aliphatic heterocycles. The van der Waals surface area contributed by atoms with Crippen molar-refractivity contribution in [3.63, 3.8) is 0 Å². The Kier molecular flexibility index (Phi) is 4.99. The molecule has 2 aromatic rings. The van der Waals surface area contributed by atoms with Gasteiger partial charge in [0.05, 0.1) is 12.2 Å². The zero-order valence-corrected chi connectivity index (χ0v) is 12.4. The predicted octanol–water partition coefficient (Wildman–Crippen LogP) is 3.21. The first-order chi connectivity index (χ1) is 10.1. The molecule has 0 saturated carbocycles. The van der Waals surface area contributed by atoms with Crippen LogP contribution < -0.4 is 11.1 Å². The highest BCUT2D eigenvalue weighted by atomic mass is 35.5. The van der Waals surface area contributed by atoms with Crippen LogP contribution in [-0.4, -0.2) is 12.5 Å². The fraction of sp³-hybridized carbons (Fsp3) is 0.118. The van der Waals surface area contributed by atoms with Gasteiger partial charge in [0.1, 0.15) is 0 Å². The highest BCUT2D eigenvalue weighted by molar-refractivity contribution is 6.32. The Bertz CT molecular complexity index is 729. The van der Waals surface area contributed by atoms with Crippen molar-refractivity contribution in [1.29, 1.82) is 0 Å². The molecule has 3 N–H and O–H groups in total. The SMILES string of the molecule is Cc1c(Cl)cccc1C(=O)Nc1ccccc1C#CCN. The van der Waals surface area contributed by atoms with Crippen LogP contribution >= 0.6 is 11.6 Å². The number of carbonyl (C=O) groups excluding carboxylic acids is 1. The lowest BCUT2D eigenvalue weighted by atomic mass is 10.1. The molecule has 0 radical (unpaired) electrons. The molecule has 0 heterocycles. The predicted molar refractivity (Wildman–Crippen MR) is 86.5 cm³/mol. The molecule has 1 amide bonds. The highest BCUT2D eigenvalue weighted by Crippen LogP contribution is 2.21. The van der Waals surface area contributed by atoms with Crippen molar-refractivity contribution in [2.75, 3.05) is 11.9 Å². The van der Waals surface area contributed by atoms with E-state index in [1.54, 1.807) is 24.3 Å². The van der Waals surface area contributed by atoms with Crippen LogP contribution in [0.15, 0.2) is 42.5 Å². The minimum absolute atomic E-state index is 0.211. The number of anilines is 1. The minimum atomic E-state index is -0.211. The number of hydrogen-bond acceptors (Lipinski definition) is 2. The summed E-state index contributed by atoms with van der Waals surface area (Å²) in [6, 6.07) is 12.6. The summed E-state index contributed by atoms with van der Waals surface area (Å²) in [4.78, 5) is 12.4. The van der Waals surface area contributed by atoms with Gasteiger partial charge in [-0.15, -0.1) is 0 Å². The van der Waals surface area contributed by atoms with Gasteiger partial charge in [-0.05, 0) is 36.8 Å². The zero-order valence-electron chi connectivity index (χ0n) is 11.6. The molecule has 3 nitrogen and oxygen atoms in total. The van der Waals surface area contributed by atoms with E-state index in [0.717, 1.165) is 11.1 Å². The molecule has 4 heteroatoms. The van der Waals surface area contributed by atoms with Crippen molar-refractivity contribution in [3.8, 4) is 11.8 Å². The molecule has 2 rings (SSSR count). The van der Waals surface area contributed by atoms with Crippen molar-refractivity contribution in [2.45, 2.75) is 6.92 Å². The van der Waals surface area contributed by atoms with Crippen molar-refractivity contribution in [3.05, 3.63) is 64.2 Å². The zero-order chi connectivity index (χ0) is 15.2. The monoisotopic (exact) mass is 298 g/mol. The van der Waals surface area contributed by atoms with Gasteiger partial charge in [-0.2, -0.15) is 0 Å². The molecule has 0 bridgehead atoms. The summed E-state index contributed by atoms with van der Waals surface area (Å²) >= 11 is 6.04. The minimum Gasteiger partial charge on any atom is -0.321 e. The van der Waals surface area contributed by atoms with Crippen molar-refractivity contribution in [2.24, 2.45) is 5.73 Å². The molecule has 0 aromatic heterocycles. The van der Waals surface area contributed by atoms with E-state index in [9.17, 15) is 4.79 Å². The van der Waals surface area contributed by atoms with Crippen molar-refractivity contribution in [1.82, 2.24) is 0 Å². The van der Waals surface area contributed by atoms with Gasteiger partial charge in [0.2, 0.25) is 0 Å². The quantitative estimate of drug-likeness (QED) is 0.837. The number of amides is 1. The number of nitrogens with two attached hydrogens (primary N) is 1. The summed E-state index contributed by atoms with van der Waals surface area (Å²) in [6.45, 7) is 2.09. The molecule has 0 unspecified atom stereocenters. The lowest BCUT2D eigenvalue weighted by Gasteiger charge is -2.10. The summed E-state index contributed by atoms with van der Waals surface area (Å²) in [6.07, 6.45) is 0. The molecule has 0 atom stereocenters. The van der Waals surface area contributed by atoms with Gasteiger partial charge >= 0.3 is 0 Å². The van der Waals surface area contributed by atoms with E-state index in [2.05, 4.69) is 17.2 Å². The summed E-state index contributed by atoms with van der Waals surface area (Å²) in [5, 5.41) is 3.43. The maximum absolute atomic E-state index is 12.4. The first-order valence-corrected chi connectivity index (χ1v) is 6.85. The molecule has 0 fully saturated rings. The number of halogens is 1. The van der Waals surface area contributed by atoms with E-state index >= 15 is 0 Å². The molecule has 0 aliphatic carbocycles. The van der Waals surface area contributed by atoms with Gasteiger partial charge < -0.3 is 11.1 Å². The van der Waals surface area contributed by atoms with Crippen LogP contribution in [0.2, 0.25) is 5.02 Å². The first kappa shape index (κ1) is 15.1. The third-order valence-corrected chi connectivity index (χ3v) is 3.42. The van der Waals surface area contributed by atoms with Crippen molar-refractivity contribution >= 4 is 23.2 Å². The van der Waals surface area contributed by atoms with E-state index in [1.165, 1.54) is 0 Å². The molecular weight excluding hydrogens is 284 g/mol. The van der Waals surface area contributed by atoms with Gasteiger partial charge in [0.15, 0.2) is 0 Å². The number of benzene rings is 2. The van der Waals surface area contributed by atoms with Crippen molar-refractivity contribution < 1.29 is 4.79 Å². The van der Waals surface area contributed by atoms with Crippen LogP contribution in [0.5, 0.6) is 0 Å². The van der Waals surface area contributed by atoms with Crippen LogP contribution in [-0.2, 0) is 0 Å². The Morgan fingerprint density at radius 1 is 1.24 bits per heavy atom. The second kappa shape index (κ2) is 6.94. The fourth-order valence-corrected chi connectivity index (χ4v) is 2.07.